The van der Waals surface area contributed by atoms with Crippen LogP contribution < -0.4 is 9.80 Å². The van der Waals surface area contributed by atoms with Crippen molar-refractivity contribution in [1.82, 2.24) is 0 Å². The molecular weight excluding hydrogens is 697 g/mol. The Morgan fingerprint density at radius 3 is 1.05 bits per heavy atom. The van der Waals surface area contributed by atoms with E-state index in [0.29, 0.717) is 0 Å². The number of fused-ring (bicyclic) bond motifs is 10. The van der Waals surface area contributed by atoms with Crippen LogP contribution in [-0.4, -0.2) is 0 Å². The van der Waals surface area contributed by atoms with Crippen LogP contribution in [0.15, 0.2) is 191 Å². The summed E-state index contributed by atoms with van der Waals surface area (Å²) in [6.45, 7) is 4.69. The molecule has 2 heterocycles. The van der Waals surface area contributed by atoms with E-state index in [2.05, 4.69) is 218 Å². The molecule has 1 aliphatic rings. The standard InChI is InChI=1S/C53H38N2O2/c1-53(2)43-33-45(54(35-19-7-3-8-20-35)36-21-9-4-10-22-36)49-41-27-15-17-29-47(41)56-51(49)39(43)31-32-40-44(53)34-46(50-42-28-16-18-30-48(42)57-52(40)50)55(37-23-11-5-12-24-37)38-25-13-6-14-26-38/h3-34H,1-2H3. The zero-order chi connectivity index (χ0) is 38.1. The van der Waals surface area contributed by atoms with Crippen LogP contribution in [0.2, 0.25) is 0 Å². The van der Waals surface area contributed by atoms with E-state index >= 15 is 0 Å². The molecule has 8 aromatic carbocycles. The van der Waals surface area contributed by atoms with Crippen molar-refractivity contribution in [2.45, 2.75) is 19.3 Å². The fraction of sp³-hybridized carbons (Fsp3) is 0.0566. The Bertz CT molecular complexity index is 2850. The Morgan fingerprint density at radius 1 is 0.386 bits per heavy atom. The molecule has 0 bridgehead atoms. The van der Waals surface area contributed by atoms with Crippen LogP contribution in [0, 0.1) is 0 Å². The number of anilines is 6. The maximum atomic E-state index is 6.96. The van der Waals surface area contributed by atoms with Crippen molar-refractivity contribution in [2.75, 3.05) is 9.80 Å². The SMILES string of the molecule is CC1(C)c2cc(N(c3ccccc3)c3ccccc3)c3c(oc4ccccc43)c2C=Cc2c1cc(N(c1ccccc1)c1ccccc1)c1c2oc2ccccc21. The summed E-state index contributed by atoms with van der Waals surface area (Å²) in [7, 11) is 0. The minimum atomic E-state index is -0.518. The van der Waals surface area contributed by atoms with Gasteiger partial charge in [0.25, 0.3) is 0 Å². The highest BCUT2D eigenvalue weighted by molar-refractivity contribution is 6.19. The molecule has 0 aliphatic heterocycles. The van der Waals surface area contributed by atoms with Crippen molar-refractivity contribution in [2.24, 2.45) is 0 Å². The van der Waals surface area contributed by atoms with Crippen LogP contribution in [-0.2, 0) is 5.41 Å². The van der Waals surface area contributed by atoms with Gasteiger partial charge in [-0.15, -0.1) is 0 Å². The zero-order valence-electron chi connectivity index (χ0n) is 31.7. The first-order valence-electron chi connectivity index (χ1n) is 19.5. The average Bonchev–Trinajstić information content (AvgIpc) is 3.82. The summed E-state index contributed by atoms with van der Waals surface area (Å²) in [5.74, 6) is 0. The number of hydrogen-bond donors (Lipinski definition) is 0. The minimum Gasteiger partial charge on any atom is -0.455 e. The molecule has 1 aliphatic carbocycles. The van der Waals surface area contributed by atoms with E-state index < -0.39 is 5.41 Å². The van der Waals surface area contributed by atoms with Gasteiger partial charge in [0, 0.05) is 50.1 Å². The van der Waals surface area contributed by atoms with E-state index in [9.17, 15) is 0 Å². The second kappa shape index (κ2) is 12.9. The molecule has 2 aromatic heterocycles. The van der Waals surface area contributed by atoms with E-state index in [-0.39, 0.29) is 0 Å². The number of rotatable bonds is 6. The monoisotopic (exact) mass is 734 g/mol. The Hall–Kier alpha value is -7.30. The highest BCUT2D eigenvalue weighted by atomic mass is 16.3. The predicted molar refractivity (Wildman–Crippen MR) is 238 cm³/mol. The summed E-state index contributed by atoms with van der Waals surface area (Å²) in [6, 6.07) is 64.2. The Labute approximate surface area is 331 Å². The smallest absolute Gasteiger partial charge is 0.145 e. The molecule has 11 rings (SSSR count). The molecule has 4 nitrogen and oxygen atoms in total. The highest BCUT2D eigenvalue weighted by Gasteiger charge is 2.37. The lowest BCUT2D eigenvalue weighted by atomic mass is 9.74. The number of benzene rings is 8. The lowest BCUT2D eigenvalue weighted by Crippen LogP contribution is -2.23. The molecule has 0 saturated heterocycles. The van der Waals surface area contributed by atoms with Gasteiger partial charge in [0.1, 0.15) is 22.3 Å². The Morgan fingerprint density at radius 2 is 0.702 bits per heavy atom. The van der Waals surface area contributed by atoms with E-state index in [1.54, 1.807) is 0 Å². The predicted octanol–water partition coefficient (Wildman–Crippen LogP) is 15.2. The van der Waals surface area contributed by atoms with Gasteiger partial charge in [-0.2, -0.15) is 0 Å². The largest absolute Gasteiger partial charge is 0.455 e. The average molecular weight is 735 g/mol. The van der Waals surface area contributed by atoms with Gasteiger partial charge in [-0.25, -0.2) is 0 Å². The van der Waals surface area contributed by atoms with Crippen LogP contribution in [0.4, 0.5) is 34.1 Å². The van der Waals surface area contributed by atoms with E-state index in [1.807, 2.05) is 0 Å². The van der Waals surface area contributed by atoms with E-state index in [4.69, 9.17) is 8.83 Å². The fourth-order valence-electron chi connectivity index (χ4n) is 8.99. The maximum absolute atomic E-state index is 6.96. The molecule has 0 fully saturated rings. The lowest BCUT2D eigenvalue weighted by molar-refractivity contribution is 0.626. The van der Waals surface area contributed by atoms with Gasteiger partial charge in [0.05, 0.1) is 22.1 Å². The molecule has 57 heavy (non-hydrogen) atoms. The minimum absolute atomic E-state index is 0.518. The summed E-state index contributed by atoms with van der Waals surface area (Å²) in [5.41, 5.74) is 13.9. The number of para-hydroxylation sites is 6. The van der Waals surface area contributed by atoms with Crippen LogP contribution >= 0.6 is 0 Å². The molecule has 4 heteroatoms. The quantitative estimate of drug-likeness (QED) is 0.170. The van der Waals surface area contributed by atoms with Gasteiger partial charge in [-0.3, -0.25) is 0 Å². The maximum Gasteiger partial charge on any atom is 0.145 e. The molecule has 0 atom stereocenters. The van der Waals surface area contributed by atoms with Crippen LogP contribution in [0.25, 0.3) is 56.0 Å². The molecule has 10 aromatic rings. The van der Waals surface area contributed by atoms with Gasteiger partial charge in [0.15, 0.2) is 0 Å². The summed E-state index contributed by atoms with van der Waals surface area (Å²) in [6.07, 6.45) is 4.51. The van der Waals surface area contributed by atoms with Gasteiger partial charge < -0.3 is 18.6 Å². The van der Waals surface area contributed by atoms with Crippen LogP contribution in [0.3, 0.4) is 0 Å². The summed E-state index contributed by atoms with van der Waals surface area (Å²) in [5, 5.41) is 4.33. The van der Waals surface area contributed by atoms with Crippen molar-refractivity contribution in [3.05, 3.63) is 204 Å². The van der Waals surface area contributed by atoms with Crippen LogP contribution in [0.1, 0.15) is 36.1 Å². The molecule has 0 unspecified atom stereocenters. The van der Waals surface area contributed by atoms with Crippen molar-refractivity contribution in [3.8, 4) is 0 Å². The lowest BCUT2D eigenvalue weighted by Gasteiger charge is -2.33. The first-order valence-corrected chi connectivity index (χ1v) is 19.5. The normalized spacial score (nSPS) is 13.2. The van der Waals surface area contributed by atoms with Crippen molar-refractivity contribution in [3.63, 3.8) is 0 Å². The Balaban J connectivity index is 1.25. The van der Waals surface area contributed by atoms with Crippen LogP contribution in [0.5, 0.6) is 0 Å². The summed E-state index contributed by atoms with van der Waals surface area (Å²) >= 11 is 0. The second-order valence-corrected chi connectivity index (χ2v) is 15.3. The molecular formula is C53H38N2O2. The van der Waals surface area contributed by atoms with Gasteiger partial charge in [0.2, 0.25) is 0 Å². The van der Waals surface area contributed by atoms with Gasteiger partial charge >= 0.3 is 0 Å². The van der Waals surface area contributed by atoms with Gasteiger partial charge in [-0.1, -0.05) is 135 Å². The third-order valence-electron chi connectivity index (χ3n) is 11.6. The van der Waals surface area contributed by atoms with Crippen molar-refractivity contribution < 1.29 is 8.83 Å². The second-order valence-electron chi connectivity index (χ2n) is 15.3. The van der Waals surface area contributed by atoms with Gasteiger partial charge in [-0.05, 0) is 83.9 Å². The molecule has 0 radical (unpaired) electrons. The van der Waals surface area contributed by atoms with Crippen molar-refractivity contribution >= 4 is 90.2 Å². The summed E-state index contributed by atoms with van der Waals surface area (Å²) in [4.78, 5) is 4.74. The molecule has 0 N–H and O–H groups in total. The van der Waals surface area contributed by atoms with E-state index in [0.717, 1.165) is 89.1 Å². The van der Waals surface area contributed by atoms with E-state index in [1.165, 1.54) is 11.1 Å². The zero-order valence-corrected chi connectivity index (χ0v) is 31.7. The number of nitrogens with zero attached hydrogens (tertiary/aromatic N) is 2. The number of furan rings is 2. The first-order chi connectivity index (χ1) is 28.1. The Kier molecular flexibility index (Phi) is 7.48. The molecule has 272 valence electrons. The first kappa shape index (κ1) is 33.1. The third kappa shape index (κ3) is 5.14. The van der Waals surface area contributed by atoms with Crippen molar-refractivity contribution in [1.29, 1.82) is 0 Å². The highest BCUT2D eigenvalue weighted by Crippen LogP contribution is 2.53. The summed E-state index contributed by atoms with van der Waals surface area (Å²) < 4.78 is 13.9. The number of hydrogen-bond acceptors (Lipinski definition) is 4. The molecule has 0 amide bonds. The molecule has 0 spiro atoms. The third-order valence-corrected chi connectivity index (χ3v) is 11.6. The fourth-order valence-corrected chi connectivity index (χ4v) is 8.99. The molecule has 0 saturated carbocycles. The topological polar surface area (TPSA) is 32.8 Å².